The van der Waals surface area contributed by atoms with E-state index in [9.17, 15) is 61.7 Å². The van der Waals surface area contributed by atoms with Gasteiger partial charge >= 0.3 is 31.1 Å². The van der Waals surface area contributed by atoms with Crippen LogP contribution in [0.2, 0.25) is 0 Å². The molecular formula is C18H21F6N3O8S3. The van der Waals surface area contributed by atoms with Gasteiger partial charge in [-0.1, -0.05) is 35.1 Å². The number of para-hydroxylation sites is 1. The van der Waals surface area contributed by atoms with Crippen LogP contribution in [0, 0.1) is 15.5 Å². The molecular weight excluding hydrogens is 596 g/mol. The van der Waals surface area contributed by atoms with Crippen LogP contribution in [0.15, 0.2) is 29.2 Å². The Balaban J connectivity index is 2.25. The number of nitro benzene ring substituents is 1. The van der Waals surface area contributed by atoms with E-state index in [0.29, 0.717) is 23.6 Å². The summed E-state index contributed by atoms with van der Waals surface area (Å²) in [5.74, 6) is 0. The van der Waals surface area contributed by atoms with Crippen molar-refractivity contribution in [2.45, 2.75) is 60.5 Å². The van der Waals surface area contributed by atoms with Crippen molar-refractivity contribution in [2.75, 3.05) is 13.1 Å². The summed E-state index contributed by atoms with van der Waals surface area (Å²) in [6, 6.07) is 1.16. The van der Waals surface area contributed by atoms with E-state index in [2.05, 4.69) is 0 Å². The van der Waals surface area contributed by atoms with Gasteiger partial charge in [0.05, 0.1) is 11.0 Å². The van der Waals surface area contributed by atoms with E-state index in [0.717, 1.165) is 24.3 Å². The first-order valence-electron chi connectivity index (χ1n) is 10.8. The number of rotatable bonds is 6. The van der Waals surface area contributed by atoms with Crippen molar-refractivity contribution in [3.8, 4) is 0 Å². The first-order chi connectivity index (χ1) is 17.2. The first-order valence-corrected chi connectivity index (χ1v) is 15.2. The molecule has 3 rings (SSSR count). The molecule has 11 nitrogen and oxygen atoms in total. The Morgan fingerprint density at radius 1 is 0.895 bits per heavy atom. The van der Waals surface area contributed by atoms with Gasteiger partial charge in [-0.15, -0.1) is 0 Å². The van der Waals surface area contributed by atoms with E-state index in [1.54, 1.807) is 0 Å². The fraction of sp³-hybridized carbons (Fsp3) is 0.667. The molecule has 1 aromatic rings. The van der Waals surface area contributed by atoms with Crippen LogP contribution in [-0.2, 0) is 30.1 Å². The molecule has 1 aliphatic heterocycles. The largest absolute Gasteiger partial charge is 0.512 e. The van der Waals surface area contributed by atoms with Crippen LogP contribution in [0.1, 0.15) is 38.5 Å². The van der Waals surface area contributed by atoms with Gasteiger partial charge in [-0.2, -0.15) is 30.6 Å². The van der Waals surface area contributed by atoms with Crippen LogP contribution in [0.4, 0.5) is 32.0 Å². The molecule has 1 atom stereocenters. The van der Waals surface area contributed by atoms with E-state index in [-0.39, 0.29) is 12.8 Å². The highest BCUT2D eigenvalue weighted by atomic mass is 32.3. The van der Waals surface area contributed by atoms with Crippen LogP contribution in [-0.4, -0.2) is 68.3 Å². The smallest absolute Gasteiger partial charge is 0.258 e. The average molecular weight is 618 g/mol. The second-order valence-electron chi connectivity index (χ2n) is 9.07. The van der Waals surface area contributed by atoms with Gasteiger partial charge in [0.25, 0.3) is 5.69 Å². The molecule has 1 aliphatic carbocycles. The topological polar surface area (TPSA) is 152 Å². The Morgan fingerprint density at radius 3 is 1.87 bits per heavy atom. The molecule has 216 valence electrons. The quantitative estimate of drug-likeness (QED) is 0.268. The maximum absolute atomic E-state index is 13.5. The minimum atomic E-state index is -7.19. The Kier molecular flexibility index (Phi) is 7.92. The van der Waals surface area contributed by atoms with Crippen molar-refractivity contribution in [1.82, 2.24) is 8.02 Å². The van der Waals surface area contributed by atoms with E-state index in [1.807, 2.05) is 0 Å². The Labute approximate surface area is 213 Å². The molecule has 1 aromatic carbocycles. The van der Waals surface area contributed by atoms with Gasteiger partial charge in [0.15, 0.2) is 4.90 Å². The molecule has 1 saturated carbocycles. The number of sulfonamides is 3. The van der Waals surface area contributed by atoms with Crippen LogP contribution in [0.3, 0.4) is 0 Å². The zero-order valence-electron chi connectivity index (χ0n) is 19.1. The van der Waals surface area contributed by atoms with Crippen molar-refractivity contribution in [2.24, 2.45) is 5.41 Å². The van der Waals surface area contributed by atoms with Crippen LogP contribution in [0.25, 0.3) is 0 Å². The maximum Gasteiger partial charge on any atom is 0.512 e. The van der Waals surface area contributed by atoms with Gasteiger partial charge in [-0.05, 0) is 30.7 Å². The average Bonchev–Trinajstić information content (AvgIpc) is 2.77. The third-order valence-electron chi connectivity index (χ3n) is 6.55. The highest BCUT2D eigenvalue weighted by Crippen LogP contribution is 2.48. The fourth-order valence-electron chi connectivity index (χ4n) is 4.98. The number of nitrogens with zero attached hydrogens (tertiary/aromatic N) is 3. The lowest BCUT2D eigenvalue weighted by Gasteiger charge is -2.49. The summed E-state index contributed by atoms with van der Waals surface area (Å²) in [4.78, 5) is 9.39. The minimum absolute atomic E-state index is 0.0401. The number of hydrogen-bond donors (Lipinski definition) is 0. The van der Waals surface area contributed by atoms with Gasteiger partial charge in [0.2, 0.25) is 10.0 Å². The lowest BCUT2D eigenvalue weighted by molar-refractivity contribution is -0.387. The van der Waals surface area contributed by atoms with Crippen molar-refractivity contribution in [3.63, 3.8) is 0 Å². The molecule has 38 heavy (non-hydrogen) atoms. The molecule has 1 saturated heterocycles. The lowest BCUT2D eigenvalue weighted by atomic mass is 9.69. The van der Waals surface area contributed by atoms with E-state index in [4.69, 9.17) is 0 Å². The van der Waals surface area contributed by atoms with Crippen molar-refractivity contribution in [3.05, 3.63) is 34.4 Å². The molecule has 1 unspecified atom stereocenters. The second-order valence-corrected chi connectivity index (χ2v) is 14.8. The summed E-state index contributed by atoms with van der Waals surface area (Å²) in [5, 5.41) is 11.4. The van der Waals surface area contributed by atoms with E-state index in [1.165, 1.54) is 0 Å². The maximum atomic E-state index is 13.5. The molecule has 0 radical (unpaired) electrons. The van der Waals surface area contributed by atoms with Gasteiger partial charge in [-0.25, -0.2) is 25.3 Å². The molecule has 0 aromatic heterocycles. The zero-order valence-corrected chi connectivity index (χ0v) is 21.6. The highest BCUT2D eigenvalue weighted by Gasteiger charge is 2.65. The Hall–Kier alpha value is -2.03. The predicted octanol–water partition coefficient (Wildman–Crippen LogP) is 3.31. The summed E-state index contributed by atoms with van der Waals surface area (Å²) in [6.07, 6.45) is 0.542. The Morgan fingerprint density at radius 2 is 1.39 bits per heavy atom. The summed E-state index contributed by atoms with van der Waals surface area (Å²) in [5.41, 5.74) is -15.3. The van der Waals surface area contributed by atoms with Crippen LogP contribution >= 0.6 is 0 Å². The third-order valence-corrected chi connectivity index (χ3v) is 12.3. The van der Waals surface area contributed by atoms with Gasteiger partial charge in [-0.3, -0.25) is 10.1 Å². The first kappa shape index (κ1) is 30.5. The van der Waals surface area contributed by atoms with E-state index < -0.39 is 91.3 Å². The van der Waals surface area contributed by atoms with Crippen LogP contribution in [0.5, 0.6) is 0 Å². The molecule has 0 N–H and O–H groups in total. The van der Waals surface area contributed by atoms with E-state index >= 15 is 0 Å². The molecule has 2 aliphatic rings. The molecule has 2 fully saturated rings. The lowest BCUT2D eigenvalue weighted by Crippen LogP contribution is -2.62. The monoisotopic (exact) mass is 617 g/mol. The number of hydrogen-bond acceptors (Lipinski definition) is 8. The minimum Gasteiger partial charge on any atom is -0.258 e. The number of halogens is 6. The van der Waals surface area contributed by atoms with Gasteiger partial charge < -0.3 is 0 Å². The SMILES string of the molecule is O=[N+]([O-])c1ccccc1S(=O)(=O)N1CC(N(S(=O)(=O)C(F)(F)F)S(=O)(=O)C(F)(F)F)CC2(CCCCC2)C1. The summed E-state index contributed by atoms with van der Waals surface area (Å²) in [7, 11) is -19.4. The highest BCUT2D eigenvalue weighted by molar-refractivity contribution is 8.04. The molecule has 20 heteroatoms. The predicted molar refractivity (Wildman–Crippen MR) is 118 cm³/mol. The molecule has 0 bridgehead atoms. The van der Waals surface area contributed by atoms with Gasteiger partial charge in [0.1, 0.15) is 0 Å². The molecule has 1 heterocycles. The second kappa shape index (κ2) is 9.86. The fourth-order valence-corrected chi connectivity index (χ4v) is 9.75. The summed E-state index contributed by atoms with van der Waals surface area (Å²) < 4.78 is 155. The van der Waals surface area contributed by atoms with Crippen LogP contribution < -0.4 is 0 Å². The zero-order chi connectivity index (χ0) is 28.9. The number of alkyl halides is 6. The third kappa shape index (κ3) is 5.36. The number of nitro groups is 1. The van der Waals surface area contributed by atoms with Crippen molar-refractivity contribution >= 4 is 35.8 Å². The number of piperidine rings is 1. The Bertz CT molecular complexity index is 1360. The van der Waals surface area contributed by atoms with Gasteiger partial charge in [0, 0.05) is 19.2 Å². The summed E-state index contributed by atoms with van der Waals surface area (Å²) >= 11 is 0. The number of benzene rings is 1. The normalized spacial score (nSPS) is 22.0. The van der Waals surface area contributed by atoms with Crippen molar-refractivity contribution in [1.29, 1.82) is 0 Å². The standard InChI is InChI=1S/C18H21F6N3O8S3/c19-17(20,21)37(32,33)27(38(34,35)18(22,23)24)13-10-16(8-4-1-5-9-16)12-25(11-13)36(30,31)15-7-3-2-6-14(15)26(28)29/h2-3,6-7,13H,1,4-5,8-12H2. The summed E-state index contributed by atoms with van der Waals surface area (Å²) in [6.45, 7) is -1.95. The molecule has 1 spiro atoms. The van der Waals surface area contributed by atoms with Crippen molar-refractivity contribution < 1.29 is 56.5 Å². The molecule has 0 amide bonds.